The highest BCUT2D eigenvalue weighted by Gasteiger charge is 2.14. The molecule has 1 atom stereocenters. The van der Waals surface area contributed by atoms with Crippen molar-refractivity contribution in [1.29, 1.82) is 0 Å². The summed E-state index contributed by atoms with van der Waals surface area (Å²) in [6.45, 7) is 0. The fraction of sp³-hybridized carbons (Fsp3) is 0.222. The van der Waals surface area contributed by atoms with Gasteiger partial charge in [0.25, 0.3) is 0 Å². The Morgan fingerprint density at radius 1 is 1.50 bits per heavy atom. The monoisotopic (exact) mass is 308 g/mol. The Bertz CT molecular complexity index is 351. The fourth-order valence-corrected chi connectivity index (χ4v) is 1.57. The van der Waals surface area contributed by atoms with Crippen LogP contribution in [0.3, 0.4) is 0 Å². The number of rotatable bonds is 3. The quantitative estimate of drug-likeness (QED) is 0.728. The molecule has 0 heterocycles. The molecule has 0 amide bonds. The lowest BCUT2D eigenvalue weighted by atomic mass is 10.1. The van der Waals surface area contributed by atoms with Gasteiger partial charge in [-0.25, -0.2) is 4.79 Å². The molecule has 14 heavy (non-hydrogen) atoms. The zero-order chi connectivity index (χ0) is 10.7. The maximum Gasteiger partial charge on any atom is 0.332 e. The van der Waals surface area contributed by atoms with Gasteiger partial charge in [-0.1, -0.05) is 6.07 Å². The van der Waals surface area contributed by atoms with Crippen LogP contribution in [0.15, 0.2) is 18.2 Å². The molecule has 0 bridgehead atoms. The smallest absolute Gasteiger partial charge is 0.332 e. The number of phenolic OH excluding ortho intramolecular Hbond substituents is 1. The van der Waals surface area contributed by atoms with E-state index < -0.39 is 12.1 Å². The predicted molar refractivity (Wildman–Crippen MR) is 58.2 cm³/mol. The van der Waals surface area contributed by atoms with Crippen molar-refractivity contribution < 1.29 is 20.1 Å². The van der Waals surface area contributed by atoms with Gasteiger partial charge in [0.05, 0.1) is 3.57 Å². The lowest BCUT2D eigenvalue weighted by Gasteiger charge is -2.06. The van der Waals surface area contributed by atoms with Crippen LogP contribution in [0, 0.1) is 3.57 Å². The van der Waals surface area contributed by atoms with Crippen molar-refractivity contribution in [1.82, 2.24) is 0 Å². The summed E-state index contributed by atoms with van der Waals surface area (Å²) < 4.78 is 0.637. The molecule has 76 valence electrons. The van der Waals surface area contributed by atoms with Crippen molar-refractivity contribution in [2.45, 2.75) is 12.5 Å². The van der Waals surface area contributed by atoms with Crippen molar-refractivity contribution in [2.24, 2.45) is 0 Å². The van der Waals surface area contributed by atoms with Gasteiger partial charge in [0.2, 0.25) is 0 Å². The number of aromatic hydroxyl groups is 1. The first kappa shape index (κ1) is 11.3. The van der Waals surface area contributed by atoms with E-state index in [0.717, 1.165) is 0 Å². The first-order chi connectivity index (χ1) is 6.50. The van der Waals surface area contributed by atoms with Crippen LogP contribution in [0.1, 0.15) is 5.56 Å². The van der Waals surface area contributed by atoms with Crippen molar-refractivity contribution in [2.75, 3.05) is 0 Å². The molecule has 4 nitrogen and oxygen atoms in total. The molecule has 0 fully saturated rings. The Morgan fingerprint density at radius 2 is 2.14 bits per heavy atom. The van der Waals surface area contributed by atoms with E-state index in [1.54, 1.807) is 12.1 Å². The molecular formula is C9H9IO4. The number of carboxylic acids is 1. The normalized spacial score (nSPS) is 12.4. The number of benzene rings is 1. The average Bonchev–Trinajstić information content (AvgIpc) is 2.11. The van der Waals surface area contributed by atoms with E-state index in [-0.39, 0.29) is 12.2 Å². The number of carboxylic acid groups (broad SMARTS) is 1. The Morgan fingerprint density at radius 3 is 2.64 bits per heavy atom. The van der Waals surface area contributed by atoms with Gasteiger partial charge in [0.15, 0.2) is 6.10 Å². The second-order valence-corrected chi connectivity index (χ2v) is 4.01. The molecule has 0 saturated carbocycles. The molecule has 1 aromatic carbocycles. The van der Waals surface area contributed by atoms with Gasteiger partial charge in [-0.3, -0.25) is 0 Å². The van der Waals surface area contributed by atoms with Crippen LogP contribution in [-0.2, 0) is 11.2 Å². The second-order valence-electron chi connectivity index (χ2n) is 2.84. The van der Waals surface area contributed by atoms with E-state index in [9.17, 15) is 9.90 Å². The molecule has 1 aromatic rings. The number of halogens is 1. The van der Waals surface area contributed by atoms with E-state index in [1.807, 2.05) is 22.6 Å². The van der Waals surface area contributed by atoms with Crippen molar-refractivity contribution in [3.8, 4) is 5.75 Å². The Balaban J connectivity index is 2.78. The maximum atomic E-state index is 10.4. The third kappa shape index (κ3) is 2.85. The summed E-state index contributed by atoms with van der Waals surface area (Å²) in [5, 5.41) is 26.7. The molecule has 1 rings (SSSR count). The van der Waals surface area contributed by atoms with Gasteiger partial charge in [0.1, 0.15) is 5.75 Å². The maximum absolute atomic E-state index is 10.4. The van der Waals surface area contributed by atoms with Gasteiger partial charge in [-0.15, -0.1) is 0 Å². The van der Waals surface area contributed by atoms with E-state index in [1.165, 1.54) is 6.07 Å². The molecule has 5 heteroatoms. The van der Waals surface area contributed by atoms with Gasteiger partial charge in [0, 0.05) is 6.42 Å². The number of aliphatic hydroxyl groups is 1. The van der Waals surface area contributed by atoms with Crippen LogP contribution in [0.4, 0.5) is 0 Å². The molecule has 0 aromatic heterocycles. The Hall–Kier alpha value is -0.820. The highest BCUT2D eigenvalue weighted by atomic mass is 127. The molecule has 0 spiro atoms. The van der Waals surface area contributed by atoms with Crippen LogP contribution in [0.5, 0.6) is 5.75 Å². The number of hydrogen-bond donors (Lipinski definition) is 3. The zero-order valence-electron chi connectivity index (χ0n) is 7.14. The molecule has 0 saturated heterocycles. The summed E-state index contributed by atoms with van der Waals surface area (Å²) in [6, 6.07) is 4.71. The minimum absolute atomic E-state index is 0.0472. The molecule has 0 unspecified atom stereocenters. The third-order valence-corrected chi connectivity index (χ3v) is 2.59. The van der Waals surface area contributed by atoms with Crippen LogP contribution < -0.4 is 0 Å². The van der Waals surface area contributed by atoms with Crippen molar-refractivity contribution in [3.05, 3.63) is 27.3 Å². The Kier molecular flexibility index (Phi) is 3.70. The number of aliphatic hydroxyl groups excluding tert-OH is 1. The lowest BCUT2D eigenvalue weighted by molar-refractivity contribution is -0.146. The second kappa shape index (κ2) is 4.61. The summed E-state index contributed by atoms with van der Waals surface area (Å²) in [5.74, 6) is -1.09. The number of hydrogen-bond acceptors (Lipinski definition) is 3. The van der Waals surface area contributed by atoms with E-state index in [2.05, 4.69) is 0 Å². The number of aliphatic carboxylic acids is 1. The summed E-state index contributed by atoms with van der Waals surface area (Å²) in [7, 11) is 0. The third-order valence-electron chi connectivity index (χ3n) is 1.73. The topological polar surface area (TPSA) is 77.8 Å². The molecule has 0 radical (unpaired) electrons. The van der Waals surface area contributed by atoms with Gasteiger partial charge in [-0.05, 0) is 40.3 Å². The highest BCUT2D eigenvalue weighted by Crippen LogP contribution is 2.20. The minimum Gasteiger partial charge on any atom is -0.507 e. The molecule has 0 aliphatic carbocycles. The summed E-state index contributed by atoms with van der Waals surface area (Å²) in [6.07, 6.45) is -1.35. The van der Waals surface area contributed by atoms with Gasteiger partial charge in [-0.2, -0.15) is 0 Å². The summed E-state index contributed by atoms with van der Waals surface area (Å²) >= 11 is 1.94. The highest BCUT2D eigenvalue weighted by molar-refractivity contribution is 14.1. The first-order valence-corrected chi connectivity index (χ1v) is 4.97. The molecule has 3 N–H and O–H groups in total. The largest absolute Gasteiger partial charge is 0.507 e. The standard InChI is InChI=1S/C9H9IO4/c10-6-3-5(1-2-7(6)11)4-8(12)9(13)14/h1-3,8,11-12H,4H2,(H,13,14)/t8-/m0/s1. The summed E-state index contributed by atoms with van der Waals surface area (Å²) in [5.41, 5.74) is 0.683. The van der Waals surface area contributed by atoms with Crippen molar-refractivity contribution in [3.63, 3.8) is 0 Å². The van der Waals surface area contributed by atoms with Crippen LogP contribution in [0.2, 0.25) is 0 Å². The van der Waals surface area contributed by atoms with E-state index >= 15 is 0 Å². The van der Waals surface area contributed by atoms with Crippen LogP contribution >= 0.6 is 22.6 Å². The van der Waals surface area contributed by atoms with E-state index in [4.69, 9.17) is 10.2 Å². The van der Waals surface area contributed by atoms with Gasteiger partial charge < -0.3 is 15.3 Å². The number of phenols is 1. The van der Waals surface area contributed by atoms with Crippen LogP contribution in [-0.4, -0.2) is 27.4 Å². The molecule has 0 aliphatic rings. The Labute approximate surface area is 94.3 Å². The lowest BCUT2D eigenvalue weighted by Crippen LogP contribution is -2.21. The van der Waals surface area contributed by atoms with Crippen LogP contribution in [0.25, 0.3) is 0 Å². The first-order valence-electron chi connectivity index (χ1n) is 3.89. The molecule has 0 aliphatic heterocycles. The SMILES string of the molecule is O=C(O)[C@@H](O)Cc1ccc(O)c(I)c1. The summed E-state index contributed by atoms with van der Waals surface area (Å²) in [4.78, 5) is 10.4. The van der Waals surface area contributed by atoms with E-state index in [0.29, 0.717) is 9.13 Å². The average molecular weight is 308 g/mol. The predicted octanol–water partition coefficient (Wildman–Crippen LogP) is 0.985. The van der Waals surface area contributed by atoms with Crippen molar-refractivity contribution >= 4 is 28.6 Å². The zero-order valence-corrected chi connectivity index (χ0v) is 9.30. The fourth-order valence-electron chi connectivity index (χ4n) is 0.988. The minimum atomic E-state index is -1.39. The molecular weight excluding hydrogens is 299 g/mol. The number of carbonyl (C=O) groups is 1. The van der Waals surface area contributed by atoms with Gasteiger partial charge >= 0.3 is 5.97 Å².